The molecule has 0 saturated heterocycles. The Kier molecular flexibility index (Phi) is 4.17. The van der Waals surface area contributed by atoms with Gasteiger partial charge < -0.3 is 0 Å². The largest absolute Gasteiger partial charge is 0.288 e. The first-order valence-corrected chi connectivity index (χ1v) is 9.16. The van der Waals surface area contributed by atoms with Gasteiger partial charge in [0.1, 0.15) is 16.5 Å². The van der Waals surface area contributed by atoms with Crippen LogP contribution in [0.3, 0.4) is 0 Å². The minimum absolute atomic E-state index is 0.0834. The molecule has 0 amide bonds. The van der Waals surface area contributed by atoms with E-state index in [1.54, 1.807) is 10.6 Å². The summed E-state index contributed by atoms with van der Waals surface area (Å²) >= 11 is 1.53. The first-order valence-electron chi connectivity index (χ1n) is 8.35. The number of aromatic nitrogens is 2. The molecule has 3 nitrogen and oxygen atoms in total. The Labute approximate surface area is 154 Å². The molecule has 0 atom stereocenters. The molecule has 5 heteroatoms. The molecule has 0 aliphatic carbocycles. The highest BCUT2D eigenvalue weighted by Gasteiger charge is 2.17. The molecular weight excluding hydrogens is 347 g/mol. The van der Waals surface area contributed by atoms with Crippen LogP contribution in [-0.2, 0) is 6.54 Å². The van der Waals surface area contributed by atoms with Gasteiger partial charge in [-0.3, -0.25) is 9.36 Å². The number of rotatable bonds is 3. The minimum atomic E-state index is -0.312. The fourth-order valence-corrected chi connectivity index (χ4v) is 4.12. The fourth-order valence-electron chi connectivity index (χ4n) is 3.10. The van der Waals surface area contributed by atoms with Gasteiger partial charge >= 0.3 is 0 Å². The van der Waals surface area contributed by atoms with Gasteiger partial charge in [0.2, 0.25) is 0 Å². The minimum Gasteiger partial charge on any atom is -0.288 e. The second-order valence-corrected chi connectivity index (χ2v) is 7.49. The molecule has 0 aliphatic heterocycles. The van der Waals surface area contributed by atoms with Crippen LogP contribution in [0.2, 0.25) is 0 Å². The lowest BCUT2D eigenvalue weighted by Gasteiger charge is -2.13. The van der Waals surface area contributed by atoms with Crippen LogP contribution in [0.25, 0.3) is 21.6 Å². The second-order valence-electron chi connectivity index (χ2n) is 6.29. The zero-order valence-electron chi connectivity index (χ0n) is 14.5. The monoisotopic (exact) mass is 364 g/mol. The van der Waals surface area contributed by atoms with Gasteiger partial charge in [-0.2, -0.15) is 0 Å². The van der Waals surface area contributed by atoms with E-state index in [4.69, 9.17) is 4.98 Å². The van der Waals surface area contributed by atoms with Crippen LogP contribution >= 0.6 is 11.3 Å². The molecule has 2 aromatic carbocycles. The molecule has 0 saturated carbocycles. The Balaban J connectivity index is 2.00. The van der Waals surface area contributed by atoms with Gasteiger partial charge in [-0.05, 0) is 37.1 Å². The number of hydrogen-bond acceptors (Lipinski definition) is 3. The normalized spacial score (nSPS) is 11.2. The van der Waals surface area contributed by atoms with Gasteiger partial charge in [-0.25, -0.2) is 9.37 Å². The average molecular weight is 364 g/mol. The summed E-state index contributed by atoms with van der Waals surface area (Å²) in [5.41, 5.74) is 2.48. The number of nitrogens with zero attached hydrogens (tertiary/aromatic N) is 2. The molecule has 0 N–H and O–H groups in total. The maximum atomic E-state index is 13.6. The third kappa shape index (κ3) is 2.84. The van der Waals surface area contributed by atoms with Gasteiger partial charge in [0, 0.05) is 10.4 Å². The Morgan fingerprint density at radius 2 is 1.85 bits per heavy atom. The molecule has 0 aliphatic rings. The molecule has 26 heavy (non-hydrogen) atoms. The molecule has 2 aromatic heterocycles. The predicted molar refractivity (Wildman–Crippen MR) is 104 cm³/mol. The Morgan fingerprint density at radius 1 is 1.08 bits per heavy atom. The summed E-state index contributed by atoms with van der Waals surface area (Å²) < 4.78 is 15.3. The van der Waals surface area contributed by atoms with Crippen LogP contribution < -0.4 is 5.56 Å². The highest BCUT2D eigenvalue weighted by molar-refractivity contribution is 7.18. The molecule has 4 aromatic rings. The van der Waals surface area contributed by atoms with Crippen LogP contribution in [0.1, 0.15) is 16.0 Å². The van der Waals surface area contributed by atoms with Crippen LogP contribution in [0, 0.1) is 19.7 Å². The van der Waals surface area contributed by atoms with E-state index in [9.17, 15) is 9.18 Å². The predicted octanol–water partition coefficient (Wildman–Crippen LogP) is 4.93. The summed E-state index contributed by atoms with van der Waals surface area (Å²) in [6.07, 6.45) is 0. The molecule has 130 valence electrons. The summed E-state index contributed by atoms with van der Waals surface area (Å²) in [7, 11) is 0. The number of halogens is 1. The van der Waals surface area contributed by atoms with Gasteiger partial charge in [0.15, 0.2) is 0 Å². The quantitative estimate of drug-likeness (QED) is 0.517. The second kappa shape index (κ2) is 6.50. The smallest absolute Gasteiger partial charge is 0.263 e. The SMILES string of the molecule is Cc1sc2nc(-c3ccccc3)n(Cc3cccc(F)c3)c(=O)c2c1C. The topological polar surface area (TPSA) is 34.9 Å². The number of benzene rings is 2. The van der Waals surface area contributed by atoms with Crippen molar-refractivity contribution >= 4 is 21.6 Å². The number of fused-ring (bicyclic) bond motifs is 1. The van der Waals surface area contributed by atoms with E-state index in [1.807, 2.05) is 50.2 Å². The summed E-state index contributed by atoms with van der Waals surface area (Å²) in [5.74, 6) is 0.294. The van der Waals surface area contributed by atoms with Crippen molar-refractivity contribution in [2.45, 2.75) is 20.4 Å². The number of aryl methyl sites for hydroxylation is 2. The van der Waals surface area contributed by atoms with Crippen LogP contribution in [-0.4, -0.2) is 9.55 Å². The van der Waals surface area contributed by atoms with E-state index in [1.165, 1.54) is 23.5 Å². The Bertz CT molecular complexity index is 1160. The average Bonchev–Trinajstić information content (AvgIpc) is 2.92. The van der Waals surface area contributed by atoms with Crippen molar-refractivity contribution in [3.8, 4) is 11.4 Å². The van der Waals surface area contributed by atoms with Crippen molar-refractivity contribution < 1.29 is 4.39 Å². The summed E-state index contributed by atoms with van der Waals surface area (Å²) in [6.45, 7) is 4.23. The standard InChI is InChI=1S/C21H17FN2OS/c1-13-14(2)26-20-18(13)21(25)24(12-15-7-6-10-17(22)11-15)19(23-20)16-8-4-3-5-9-16/h3-11H,12H2,1-2H3. The van der Waals surface area contributed by atoms with Crippen LogP contribution in [0.4, 0.5) is 4.39 Å². The van der Waals surface area contributed by atoms with Crippen molar-refractivity contribution in [3.63, 3.8) is 0 Å². The number of hydrogen-bond donors (Lipinski definition) is 0. The third-order valence-corrected chi connectivity index (χ3v) is 5.65. The highest BCUT2D eigenvalue weighted by Crippen LogP contribution is 2.28. The van der Waals surface area contributed by atoms with Gasteiger partial charge in [0.05, 0.1) is 11.9 Å². The molecule has 0 bridgehead atoms. The van der Waals surface area contributed by atoms with Gasteiger partial charge in [0.25, 0.3) is 5.56 Å². The van der Waals surface area contributed by atoms with E-state index >= 15 is 0 Å². The highest BCUT2D eigenvalue weighted by atomic mass is 32.1. The Morgan fingerprint density at radius 3 is 2.58 bits per heavy atom. The summed E-state index contributed by atoms with van der Waals surface area (Å²) in [6, 6.07) is 16.0. The molecule has 0 fully saturated rings. The Hall–Kier alpha value is -2.79. The zero-order valence-corrected chi connectivity index (χ0v) is 15.3. The fraction of sp³-hybridized carbons (Fsp3) is 0.143. The van der Waals surface area contributed by atoms with Crippen LogP contribution in [0.5, 0.6) is 0 Å². The zero-order chi connectivity index (χ0) is 18.3. The first kappa shape index (κ1) is 16.7. The van der Waals surface area contributed by atoms with Crippen LogP contribution in [0.15, 0.2) is 59.4 Å². The van der Waals surface area contributed by atoms with Crippen molar-refractivity contribution in [2.75, 3.05) is 0 Å². The van der Waals surface area contributed by atoms with E-state index in [-0.39, 0.29) is 17.9 Å². The molecular formula is C21H17FN2OS. The molecule has 0 radical (unpaired) electrons. The van der Waals surface area contributed by atoms with Crippen molar-refractivity contribution in [2.24, 2.45) is 0 Å². The van der Waals surface area contributed by atoms with Crippen molar-refractivity contribution in [1.82, 2.24) is 9.55 Å². The molecule has 0 spiro atoms. The third-order valence-electron chi connectivity index (χ3n) is 4.55. The van der Waals surface area contributed by atoms with E-state index in [0.29, 0.717) is 11.2 Å². The lowest BCUT2D eigenvalue weighted by molar-refractivity contribution is 0.623. The van der Waals surface area contributed by atoms with Crippen molar-refractivity contribution in [1.29, 1.82) is 0 Å². The van der Waals surface area contributed by atoms with E-state index in [2.05, 4.69) is 0 Å². The van der Waals surface area contributed by atoms with Gasteiger partial charge in [-0.15, -0.1) is 11.3 Å². The summed E-state index contributed by atoms with van der Waals surface area (Å²) in [4.78, 5) is 19.9. The maximum Gasteiger partial charge on any atom is 0.263 e. The van der Waals surface area contributed by atoms with Gasteiger partial charge in [-0.1, -0.05) is 42.5 Å². The van der Waals surface area contributed by atoms with E-state index < -0.39 is 0 Å². The lowest BCUT2D eigenvalue weighted by atomic mass is 10.1. The lowest BCUT2D eigenvalue weighted by Crippen LogP contribution is -2.24. The molecule has 0 unspecified atom stereocenters. The summed E-state index contributed by atoms with van der Waals surface area (Å²) in [5, 5.41) is 0.656. The maximum absolute atomic E-state index is 13.6. The number of thiophene rings is 1. The molecule has 4 rings (SSSR count). The van der Waals surface area contributed by atoms with E-state index in [0.717, 1.165) is 26.4 Å². The molecule has 2 heterocycles. The first-order chi connectivity index (χ1) is 12.5. The van der Waals surface area contributed by atoms with Crippen molar-refractivity contribution in [3.05, 3.63) is 86.8 Å².